The molecular formula is C22H23NO3. The lowest BCUT2D eigenvalue weighted by Crippen LogP contribution is -2.50. The van der Waals surface area contributed by atoms with Crippen molar-refractivity contribution in [2.45, 2.75) is 38.6 Å². The van der Waals surface area contributed by atoms with Crippen molar-refractivity contribution < 1.29 is 14.7 Å². The fourth-order valence-electron chi connectivity index (χ4n) is 4.26. The Morgan fingerprint density at radius 1 is 1.04 bits per heavy atom. The standard InChI is InChI=1S/C22H23NO3/c24-20(25)18-8-7-17-9-12-23(15-19(17)13-18)21(26)22(10-4-11-22)14-16-5-2-1-3-6-16/h1-3,5-8,13H,4,9-12,14-15H2,(H,24,25). The molecule has 0 spiro atoms. The van der Waals surface area contributed by atoms with Crippen LogP contribution in [0.1, 0.15) is 46.3 Å². The van der Waals surface area contributed by atoms with E-state index in [9.17, 15) is 14.7 Å². The third kappa shape index (κ3) is 3.00. The van der Waals surface area contributed by atoms with Crippen LogP contribution in [0, 0.1) is 5.41 Å². The second-order valence-electron chi connectivity index (χ2n) is 7.56. The third-order valence-corrected chi connectivity index (χ3v) is 5.90. The first-order chi connectivity index (χ1) is 12.6. The third-order valence-electron chi connectivity index (χ3n) is 5.90. The molecule has 4 nitrogen and oxygen atoms in total. The Bertz CT molecular complexity index is 840. The predicted molar refractivity (Wildman–Crippen MR) is 99.0 cm³/mol. The van der Waals surface area contributed by atoms with E-state index in [0.717, 1.165) is 49.8 Å². The highest BCUT2D eigenvalue weighted by Gasteiger charge is 2.46. The van der Waals surface area contributed by atoms with E-state index >= 15 is 0 Å². The van der Waals surface area contributed by atoms with Gasteiger partial charge in [-0.25, -0.2) is 4.79 Å². The zero-order valence-corrected chi connectivity index (χ0v) is 14.8. The van der Waals surface area contributed by atoms with Crippen LogP contribution in [0.15, 0.2) is 48.5 Å². The minimum atomic E-state index is -0.921. The van der Waals surface area contributed by atoms with Crippen molar-refractivity contribution in [2.24, 2.45) is 5.41 Å². The SMILES string of the molecule is O=C(O)c1ccc2c(c1)CN(C(=O)C1(Cc3ccccc3)CCC1)CC2. The highest BCUT2D eigenvalue weighted by atomic mass is 16.4. The van der Waals surface area contributed by atoms with Crippen molar-refractivity contribution in [1.29, 1.82) is 0 Å². The predicted octanol–water partition coefficient (Wildman–Crippen LogP) is 3.68. The fraction of sp³-hybridized carbons (Fsp3) is 0.364. The summed E-state index contributed by atoms with van der Waals surface area (Å²) in [6.45, 7) is 1.24. The summed E-state index contributed by atoms with van der Waals surface area (Å²) in [6, 6.07) is 15.5. The maximum atomic E-state index is 13.3. The zero-order chi connectivity index (χ0) is 18.1. The Morgan fingerprint density at radius 3 is 2.46 bits per heavy atom. The molecule has 1 fully saturated rings. The van der Waals surface area contributed by atoms with Crippen molar-refractivity contribution in [3.05, 3.63) is 70.8 Å². The number of carbonyl (C=O) groups excluding carboxylic acids is 1. The average molecular weight is 349 g/mol. The van der Waals surface area contributed by atoms with E-state index < -0.39 is 5.97 Å². The van der Waals surface area contributed by atoms with Crippen molar-refractivity contribution in [2.75, 3.05) is 6.54 Å². The van der Waals surface area contributed by atoms with Crippen LogP contribution in [0.25, 0.3) is 0 Å². The van der Waals surface area contributed by atoms with Crippen molar-refractivity contribution in [1.82, 2.24) is 4.90 Å². The molecule has 0 saturated heterocycles. The number of hydrogen-bond donors (Lipinski definition) is 1. The molecule has 1 N–H and O–H groups in total. The van der Waals surface area contributed by atoms with Gasteiger partial charge in [-0.1, -0.05) is 42.8 Å². The molecule has 1 aliphatic heterocycles. The molecule has 2 aromatic carbocycles. The number of carbonyl (C=O) groups is 2. The first kappa shape index (κ1) is 16.8. The van der Waals surface area contributed by atoms with Crippen LogP contribution in [-0.4, -0.2) is 28.4 Å². The smallest absolute Gasteiger partial charge is 0.335 e. The van der Waals surface area contributed by atoms with Gasteiger partial charge in [-0.2, -0.15) is 0 Å². The van der Waals surface area contributed by atoms with Crippen LogP contribution in [-0.2, 0) is 24.2 Å². The molecule has 0 aromatic heterocycles. The van der Waals surface area contributed by atoms with Crippen LogP contribution in [0.3, 0.4) is 0 Å². The maximum absolute atomic E-state index is 13.3. The van der Waals surface area contributed by atoms with E-state index in [1.54, 1.807) is 12.1 Å². The molecule has 1 amide bonds. The summed E-state index contributed by atoms with van der Waals surface area (Å²) in [6.07, 6.45) is 4.58. The van der Waals surface area contributed by atoms with Crippen LogP contribution < -0.4 is 0 Å². The van der Waals surface area contributed by atoms with Gasteiger partial charge in [0.1, 0.15) is 0 Å². The summed E-state index contributed by atoms with van der Waals surface area (Å²) in [5.41, 5.74) is 3.36. The zero-order valence-electron chi connectivity index (χ0n) is 14.8. The number of amides is 1. The van der Waals surface area contributed by atoms with E-state index in [2.05, 4.69) is 12.1 Å². The van der Waals surface area contributed by atoms with Gasteiger partial charge in [0.05, 0.1) is 11.0 Å². The Kier molecular flexibility index (Phi) is 4.27. The summed E-state index contributed by atoms with van der Waals surface area (Å²) in [4.78, 5) is 26.5. The molecule has 26 heavy (non-hydrogen) atoms. The molecular weight excluding hydrogens is 326 g/mol. The van der Waals surface area contributed by atoms with Gasteiger partial charge in [0.15, 0.2) is 0 Å². The van der Waals surface area contributed by atoms with Gasteiger partial charge < -0.3 is 10.0 Å². The van der Waals surface area contributed by atoms with Gasteiger partial charge in [0.25, 0.3) is 0 Å². The molecule has 4 heteroatoms. The first-order valence-corrected chi connectivity index (χ1v) is 9.26. The second-order valence-corrected chi connectivity index (χ2v) is 7.56. The highest BCUT2D eigenvalue weighted by Crippen LogP contribution is 2.46. The molecule has 0 unspecified atom stereocenters. The number of carboxylic acids is 1. The molecule has 0 radical (unpaired) electrons. The van der Waals surface area contributed by atoms with E-state index in [1.165, 1.54) is 5.56 Å². The lowest BCUT2D eigenvalue weighted by Gasteiger charge is -2.45. The number of benzene rings is 2. The van der Waals surface area contributed by atoms with E-state index in [-0.39, 0.29) is 11.3 Å². The summed E-state index contributed by atoms with van der Waals surface area (Å²) >= 11 is 0. The first-order valence-electron chi connectivity index (χ1n) is 9.26. The van der Waals surface area contributed by atoms with Crippen molar-refractivity contribution in [3.8, 4) is 0 Å². The number of rotatable bonds is 4. The normalized spacial score (nSPS) is 17.9. The summed E-state index contributed by atoms with van der Waals surface area (Å²) in [5.74, 6) is -0.685. The second kappa shape index (κ2) is 6.60. The fourth-order valence-corrected chi connectivity index (χ4v) is 4.26. The lowest BCUT2D eigenvalue weighted by atomic mass is 9.64. The number of nitrogens with zero attached hydrogens (tertiary/aromatic N) is 1. The van der Waals surface area contributed by atoms with Crippen LogP contribution in [0.5, 0.6) is 0 Å². The summed E-state index contributed by atoms with van der Waals surface area (Å²) in [7, 11) is 0. The van der Waals surface area contributed by atoms with Gasteiger partial charge >= 0.3 is 5.97 Å². The molecule has 0 atom stereocenters. The average Bonchev–Trinajstić information content (AvgIpc) is 2.64. The maximum Gasteiger partial charge on any atom is 0.335 e. The molecule has 1 heterocycles. The van der Waals surface area contributed by atoms with Gasteiger partial charge in [0, 0.05) is 13.1 Å². The van der Waals surface area contributed by atoms with Crippen molar-refractivity contribution >= 4 is 11.9 Å². The van der Waals surface area contributed by atoms with Gasteiger partial charge in [-0.15, -0.1) is 0 Å². The molecule has 2 aromatic rings. The molecule has 4 rings (SSSR count). The molecule has 1 aliphatic carbocycles. The largest absolute Gasteiger partial charge is 0.478 e. The minimum absolute atomic E-state index is 0.235. The molecule has 134 valence electrons. The van der Waals surface area contributed by atoms with Crippen molar-refractivity contribution in [3.63, 3.8) is 0 Å². The highest BCUT2D eigenvalue weighted by molar-refractivity contribution is 5.88. The Labute approximate surface area is 153 Å². The van der Waals surface area contributed by atoms with E-state index in [4.69, 9.17) is 0 Å². The molecule has 2 aliphatic rings. The van der Waals surface area contributed by atoms with Gasteiger partial charge in [-0.3, -0.25) is 4.79 Å². The van der Waals surface area contributed by atoms with Gasteiger partial charge in [0.2, 0.25) is 5.91 Å². The Hall–Kier alpha value is -2.62. The van der Waals surface area contributed by atoms with Crippen LogP contribution >= 0.6 is 0 Å². The molecule has 1 saturated carbocycles. The molecule has 0 bridgehead atoms. The summed E-state index contributed by atoms with van der Waals surface area (Å²) < 4.78 is 0. The number of fused-ring (bicyclic) bond motifs is 1. The van der Waals surface area contributed by atoms with Crippen LogP contribution in [0.4, 0.5) is 0 Å². The number of carboxylic acid groups (broad SMARTS) is 1. The monoisotopic (exact) mass is 349 g/mol. The van der Waals surface area contributed by atoms with E-state index in [0.29, 0.717) is 12.1 Å². The van der Waals surface area contributed by atoms with E-state index in [1.807, 2.05) is 29.2 Å². The quantitative estimate of drug-likeness (QED) is 0.916. The lowest BCUT2D eigenvalue weighted by molar-refractivity contribution is -0.148. The number of hydrogen-bond acceptors (Lipinski definition) is 2. The Balaban J connectivity index is 1.54. The number of aromatic carboxylic acids is 1. The van der Waals surface area contributed by atoms with Crippen LogP contribution in [0.2, 0.25) is 0 Å². The van der Waals surface area contributed by atoms with Gasteiger partial charge in [-0.05, 0) is 54.5 Å². The topological polar surface area (TPSA) is 57.6 Å². The minimum Gasteiger partial charge on any atom is -0.478 e. The summed E-state index contributed by atoms with van der Waals surface area (Å²) in [5, 5.41) is 9.22. The Morgan fingerprint density at radius 2 is 1.81 bits per heavy atom.